The summed E-state index contributed by atoms with van der Waals surface area (Å²) in [6, 6.07) is 0. The van der Waals surface area contributed by atoms with E-state index in [0.29, 0.717) is 12.0 Å². The Morgan fingerprint density at radius 1 is 1.11 bits per heavy atom. The second-order valence-electron chi connectivity index (χ2n) is 8.25. The molecular weight excluding hydrogens is 352 g/mol. The summed E-state index contributed by atoms with van der Waals surface area (Å²) in [7, 11) is 0. The molecule has 1 aliphatic rings. The lowest BCUT2D eigenvalue weighted by atomic mass is 9.72. The zero-order valence-electron chi connectivity index (χ0n) is 17.8. The topological polar surface area (TPSA) is 74.6 Å². The SMILES string of the molecule is CC(C=CC1=C(C)CCCC1(C)C)=CC=CC(C)=C(CCCC(=O)O)C(=O)O. The lowest BCUT2D eigenvalue weighted by molar-refractivity contribution is -0.137. The fraction of sp³-hybridized carbons (Fsp3) is 0.500. The van der Waals surface area contributed by atoms with Crippen LogP contribution < -0.4 is 0 Å². The Hall–Kier alpha value is -2.36. The summed E-state index contributed by atoms with van der Waals surface area (Å²) in [5, 5.41) is 18.1. The molecule has 0 saturated heterocycles. The van der Waals surface area contributed by atoms with Crippen LogP contribution in [0.15, 0.2) is 58.2 Å². The molecule has 0 spiro atoms. The lowest BCUT2D eigenvalue weighted by Gasteiger charge is -2.32. The molecule has 0 unspecified atom stereocenters. The molecule has 0 aromatic heterocycles. The van der Waals surface area contributed by atoms with Gasteiger partial charge < -0.3 is 10.2 Å². The molecule has 28 heavy (non-hydrogen) atoms. The number of hydrogen-bond donors (Lipinski definition) is 2. The summed E-state index contributed by atoms with van der Waals surface area (Å²) >= 11 is 0. The van der Waals surface area contributed by atoms with E-state index < -0.39 is 11.9 Å². The first-order valence-electron chi connectivity index (χ1n) is 9.92. The molecule has 4 heteroatoms. The average Bonchev–Trinajstić information content (AvgIpc) is 2.57. The molecule has 0 aromatic carbocycles. The van der Waals surface area contributed by atoms with Gasteiger partial charge in [-0.3, -0.25) is 4.79 Å². The molecule has 0 saturated carbocycles. The molecule has 154 valence electrons. The summed E-state index contributed by atoms with van der Waals surface area (Å²) < 4.78 is 0. The standard InChI is InChI=1S/C24H34O4/c1-17(14-15-21-19(3)11-8-16-24(21,4)5)9-6-10-18(2)20(23(27)28)12-7-13-22(25)26/h6,9-10,14-15H,7-8,11-13,16H2,1-5H3,(H,25,26)(H,27,28). The number of carboxylic acid groups (broad SMARTS) is 2. The van der Waals surface area contributed by atoms with Crippen molar-refractivity contribution in [2.75, 3.05) is 0 Å². The van der Waals surface area contributed by atoms with Crippen LogP contribution in [0.2, 0.25) is 0 Å². The first-order chi connectivity index (χ1) is 13.0. The van der Waals surface area contributed by atoms with Crippen LogP contribution in [0.1, 0.15) is 73.1 Å². The van der Waals surface area contributed by atoms with Gasteiger partial charge in [-0.25, -0.2) is 4.79 Å². The molecule has 2 N–H and O–H groups in total. The maximum absolute atomic E-state index is 11.4. The van der Waals surface area contributed by atoms with Crippen LogP contribution in [0.3, 0.4) is 0 Å². The Kier molecular flexibility index (Phi) is 9.17. The number of aliphatic carboxylic acids is 2. The van der Waals surface area contributed by atoms with Crippen molar-refractivity contribution in [2.45, 2.75) is 73.1 Å². The van der Waals surface area contributed by atoms with Crippen molar-refractivity contribution in [3.8, 4) is 0 Å². The van der Waals surface area contributed by atoms with Gasteiger partial charge in [0.05, 0.1) is 0 Å². The van der Waals surface area contributed by atoms with E-state index in [1.165, 1.54) is 24.0 Å². The van der Waals surface area contributed by atoms with Crippen LogP contribution in [0, 0.1) is 5.41 Å². The fourth-order valence-electron chi connectivity index (χ4n) is 3.61. The van der Waals surface area contributed by atoms with Gasteiger partial charge >= 0.3 is 11.9 Å². The van der Waals surface area contributed by atoms with Gasteiger partial charge in [0, 0.05) is 12.0 Å². The van der Waals surface area contributed by atoms with Crippen LogP contribution >= 0.6 is 0 Å². The summed E-state index contributed by atoms with van der Waals surface area (Å²) in [5.74, 6) is -1.90. The van der Waals surface area contributed by atoms with Crippen LogP contribution in [-0.2, 0) is 9.59 Å². The van der Waals surface area contributed by atoms with E-state index in [-0.39, 0.29) is 23.8 Å². The highest BCUT2D eigenvalue weighted by Crippen LogP contribution is 2.40. The zero-order valence-corrected chi connectivity index (χ0v) is 17.8. The maximum Gasteiger partial charge on any atom is 0.331 e. The Morgan fingerprint density at radius 2 is 1.79 bits per heavy atom. The second kappa shape index (κ2) is 10.8. The predicted molar refractivity (Wildman–Crippen MR) is 114 cm³/mol. The van der Waals surface area contributed by atoms with Crippen molar-refractivity contribution >= 4 is 11.9 Å². The summed E-state index contributed by atoms with van der Waals surface area (Å²) in [6.45, 7) is 10.6. The van der Waals surface area contributed by atoms with Gasteiger partial charge in [0.2, 0.25) is 0 Å². The van der Waals surface area contributed by atoms with E-state index in [4.69, 9.17) is 5.11 Å². The minimum absolute atomic E-state index is 0.0246. The van der Waals surface area contributed by atoms with Gasteiger partial charge in [-0.2, -0.15) is 0 Å². The highest BCUT2D eigenvalue weighted by atomic mass is 16.4. The van der Waals surface area contributed by atoms with Gasteiger partial charge in [-0.15, -0.1) is 0 Å². The van der Waals surface area contributed by atoms with E-state index in [2.05, 4.69) is 32.9 Å². The molecule has 0 aliphatic heterocycles. The predicted octanol–water partition coefficient (Wildman–Crippen LogP) is 6.23. The molecule has 0 atom stereocenters. The Labute approximate surface area is 169 Å². The van der Waals surface area contributed by atoms with E-state index >= 15 is 0 Å². The van der Waals surface area contributed by atoms with E-state index in [9.17, 15) is 14.7 Å². The van der Waals surface area contributed by atoms with Crippen molar-refractivity contribution < 1.29 is 19.8 Å². The Balaban J connectivity index is 2.85. The van der Waals surface area contributed by atoms with Gasteiger partial charge in [0.15, 0.2) is 0 Å². The van der Waals surface area contributed by atoms with Crippen LogP contribution in [0.25, 0.3) is 0 Å². The van der Waals surface area contributed by atoms with Crippen molar-refractivity contribution in [1.82, 2.24) is 0 Å². The summed E-state index contributed by atoms with van der Waals surface area (Å²) in [6.07, 6.45) is 14.1. The van der Waals surface area contributed by atoms with Crippen LogP contribution in [0.5, 0.6) is 0 Å². The quantitative estimate of drug-likeness (QED) is 0.364. The molecule has 0 aromatic rings. The molecule has 1 aliphatic carbocycles. The van der Waals surface area contributed by atoms with E-state index in [1.54, 1.807) is 13.0 Å². The van der Waals surface area contributed by atoms with Crippen molar-refractivity contribution in [2.24, 2.45) is 5.41 Å². The number of allylic oxidation sites excluding steroid dienone is 9. The van der Waals surface area contributed by atoms with Gasteiger partial charge in [0.1, 0.15) is 0 Å². The van der Waals surface area contributed by atoms with Crippen molar-refractivity contribution in [3.63, 3.8) is 0 Å². The third-order valence-corrected chi connectivity index (χ3v) is 5.31. The third kappa shape index (κ3) is 7.71. The Bertz CT molecular complexity index is 743. The minimum atomic E-state index is -0.991. The van der Waals surface area contributed by atoms with E-state index in [0.717, 1.165) is 12.0 Å². The van der Waals surface area contributed by atoms with Crippen molar-refractivity contribution in [1.29, 1.82) is 0 Å². The first-order valence-corrected chi connectivity index (χ1v) is 9.92. The third-order valence-electron chi connectivity index (χ3n) is 5.31. The summed E-state index contributed by atoms with van der Waals surface area (Å²) in [5.41, 5.74) is 5.09. The zero-order chi connectivity index (χ0) is 21.3. The molecule has 0 heterocycles. The smallest absolute Gasteiger partial charge is 0.331 e. The Morgan fingerprint density at radius 3 is 2.36 bits per heavy atom. The van der Waals surface area contributed by atoms with Crippen molar-refractivity contribution in [3.05, 3.63) is 58.2 Å². The lowest BCUT2D eigenvalue weighted by Crippen LogP contribution is -2.19. The van der Waals surface area contributed by atoms with Crippen LogP contribution in [-0.4, -0.2) is 22.2 Å². The number of rotatable bonds is 9. The molecule has 0 fully saturated rings. The normalized spacial score (nSPS) is 18.7. The van der Waals surface area contributed by atoms with Gasteiger partial charge in [-0.05, 0) is 69.4 Å². The first kappa shape index (κ1) is 23.7. The van der Waals surface area contributed by atoms with Crippen LogP contribution in [0.4, 0.5) is 0 Å². The average molecular weight is 387 g/mol. The second-order valence-corrected chi connectivity index (χ2v) is 8.25. The monoisotopic (exact) mass is 386 g/mol. The maximum atomic E-state index is 11.4. The molecule has 0 amide bonds. The number of carbonyl (C=O) groups is 2. The fourth-order valence-corrected chi connectivity index (χ4v) is 3.61. The molecule has 1 rings (SSSR count). The molecule has 0 radical (unpaired) electrons. The highest BCUT2D eigenvalue weighted by molar-refractivity contribution is 5.88. The van der Waals surface area contributed by atoms with Gasteiger partial charge in [0.25, 0.3) is 0 Å². The minimum Gasteiger partial charge on any atom is -0.481 e. The largest absolute Gasteiger partial charge is 0.481 e. The van der Waals surface area contributed by atoms with Gasteiger partial charge in [-0.1, -0.05) is 55.4 Å². The molecule has 0 bridgehead atoms. The summed E-state index contributed by atoms with van der Waals surface area (Å²) in [4.78, 5) is 22.0. The molecule has 4 nitrogen and oxygen atoms in total. The molecular formula is C24H34O4. The van der Waals surface area contributed by atoms with E-state index in [1.807, 2.05) is 19.1 Å². The number of hydrogen-bond acceptors (Lipinski definition) is 2. The highest BCUT2D eigenvalue weighted by Gasteiger charge is 2.26. The number of carboxylic acids is 2.